The van der Waals surface area contributed by atoms with Gasteiger partial charge in [-0.3, -0.25) is 29.0 Å². The Kier molecular flexibility index (Phi) is 10.8. The van der Waals surface area contributed by atoms with Crippen LogP contribution in [-0.2, 0) is 55.4 Å². The Balaban J connectivity index is 1.29. The fourth-order valence-corrected chi connectivity index (χ4v) is 14.4. The van der Waals surface area contributed by atoms with Crippen LogP contribution in [0.1, 0.15) is 82.7 Å². The summed E-state index contributed by atoms with van der Waals surface area (Å²) in [5.41, 5.74) is -0.150. The molecular weight excluding hydrogens is 867 g/mol. The van der Waals surface area contributed by atoms with Crippen LogP contribution in [-0.4, -0.2) is 139 Å². The van der Waals surface area contributed by atoms with Gasteiger partial charge in [-0.2, -0.15) is 0 Å². The fraction of sp³-hybridized carbons (Fsp3) is 0.528. The summed E-state index contributed by atoms with van der Waals surface area (Å²) in [5, 5.41) is 14.3. The number of imide groups is 1. The lowest BCUT2D eigenvalue weighted by Crippen LogP contribution is -2.81. The smallest absolute Gasteiger partial charge is 0.344 e. The number of nitrogens with one attached hydrogen (secondary N) is 1. The first-order valence-electron chi connectivity index (χ1n) is 24.1. The van der Waals surface area contributed by atoms with Gasteiger partial charge in [-0.25, -0.2) is 4.79 Å². The highest BCUT2D eigenvalue weighted by atomic mass is 16.6. The Morgan fingerprint density at radius 3 is 2.41 bits per heavy atom. The molecule has 3 aromatic rings. The molecule has 1 aliphatic carbocycles. The molecule has 1 saturated heterocycles. The van der Waals surface area contributed by atoms with Crippen LogP contribution in [0.3, 0.4) is 0 Å². The fourth-order valence-electron chi connectivity index (χ4n) is 14.4. The molecule has 10 rings (SSSR count). The number of carbonyl (C=O) groups is 5. The maximum Gasteiger partial charge on any atom is 0.344 e. The van der Waals surface area contributed by atoms with Gasteiger partial charge in [-0.15, -0.1) is 0 Å². The maximum atomic E-state index is 15.7. The molecule has 2 bridgehead atoms. The minimum absolute atomic E-state index is 0.0415. The van der Waals surface area contributed by atoms with Gasteiger partial charge >= 0.3 is 17.9 Å². The maximum absolute atomic E-state index is 15.7. The average molecular weight is 930 g/mol. The molecule has 1 spiro atoms. The van der Waals surface area contributed by atoms with E-state index in [0.29, 0.717) is 85.0 Å². The number of hydrogen-bond donors (Lipinski definition) is 2. The highest BCUT2D eigenvalue weighted by Gasteiger charge is 2.80. The van der Waals surface area contributed by atoms with E-state index in [9.17, 15) is 24.3 Å². The molecule has 8 atom stereocenters. The van der Waals surface area contributed by atoms with E-state index in [1.807, 2.05) is 75.2 Å². The van der Waals surface area contributed by atoms with E-state index < -0.39 is 51.9 Å². The summed E-state index contributed by atoms with van der Waals surface area (Å²) in [6.07, 6.45) is 6.86. The largest absolute Gasteiger partial charge is 0.496 e. The van der Waals surface area contributed by atoms with Crippen LogP contribution >= 0.6 is 0 Å². The first kappa shape index (κ1) is 45.8. The standard InChI is InChI=1S/C53H63N5O10/c1-10-31-21-32-25-52(48(62)66-8,42-34(33-15-12-13-16-38(33)54-42)22-35-41(57(27-31)28-32)44(61)58(43(35)60)26-29(3)4)37-23-36-39(24-40(37)65-7)55(6)46-51(36)18-20-56-19-14-17-50(11-2,45(51)56)47(68-30(5)59)53(46,64)49(63)67-9/h12-17,21,23-24,29,32,45-47,54,64H,10-11,18-20,22,25-28H2,1-9H3/t32-,45+,46-,47-,50-,51-,52+,53+/m1/s1. The number of aliphatic hydroxyl groups is 1. The zero-order valence-corrected chi connectivity index (χ0v) is 40.6. The SMILES string of the molecule is CCC1=C[C@H]2CN(C1)C1=C(Cc3c([nH]c4ccccc34)[C@@](C(=O)OC)(c3cc4c(cc3OC)N(C)[C@H]3[C@@](O)(C(=O)OC)[C@H](OC(C)=O)[C@]5(CC)C=CCN6CC[C@]43[C@@H]65)C2)C(=O)N(CC(C)C)C1=O. The van der Waals surface area contributed by atoms with Gasteiger partial charge in [0, 0.05) is 97.4 Å². The van der Waals surface area contributed by atoms with Crippen molar-refractivity contribution < 1.29 is 48.0 Å². The molecule has 2 fully saturated rings. The zero-order chi connectivity index (χ0) is 48.4. The molecule has 6 aliphatic heterocycles. The van der Waals surface area contributed by atoms with Crippen molar-refractivity contribution in [2.45, 2.75) is 101 Å². The van der Waals surface area contributed by atoms with E-state index in [1.54, 1.807) is 7.11 Å². The Morgan fingerprint density at radius 2 is 1.74 bits per heavy atom. The summed E-state index contributed by atoms with van der Waals surface area (Å²) in [7, 11) is 6.04. The van der Waals surface area contributed by atoms with Crippen molar-refractivity contribution in [1.82, 2.24) is 19.7 Å². The summed E-state index contributed by atoms with van der Waals surface area (Å²) in [4.78, 5) is 84.2. The van der Waals surface area contributed by atoms with Crippen molar-refractivity contribution in [2.24, 2.45) is 17.3 Å². The van der Waals surface area contributed by atoms with Crippen LogP contribution in [0.4, 0.5) is 5.69 Å². The normalized spacial score (nSPS) is 31.6. The number of methoxy groups -OCH3 is 3. The topological polar surface area (TPSA) is 171 Å². The van der Waals surface area contributed by atoms with Crippen LogP contribution < -0.4 is 9.64 Å². The lowest BCUT2D eigenvalue weighted by Gasteiger charge is -2.63. The molecular formula is C53H63N5O10. The van der Waals surface area contributed by atoms with Gasteiger partial charge in [0.05, 0.1) is 32.9 Å². The van der Waals surface area contributed by atoms with Crippen LogP contribution in [0.5, 0.6) is 5.75 Å². The number of anilines is 1. The van der Waals surface area contributed by atoms with Crippen molar-refractivity contribution in [2.75, 3.05) is 66.0 Å². The second kappa shape index (κ2) is 16.1. The van der Waals surface area contributed by atoms with Crippen molar-refractivity contribution in [1.29, 1.82) is 0 Å². The zero-order valence-electron chi connectivity index (χ0n) is 40.6. The van der Waals surface area contributed by atoms with Crippen LogP contribution in [0.25, 0.3) is 10.9 Å². The van der Waals surface area contributed by atoms with E-state index in [0.717, 1.165) is 22.0 Å². The number of hydrogen-bond acceptors (Lipinski definition) is 13. The highest BCUT2D eigenvalue weighted by molar-refractivity contribution is 6.19. The molecule has 7 aliphatic rings. The average Bonchev–Trinajstić information content (AvgIpc) is 4.04. The number of H-pyrrole nitrogens is 1. The van der Waals surface area contributed by atoms with Crippen LogP contribution in [0, 0.1) is 17.3 Å². The molecule has 68 heavy (non-hydrogen) atoms. The molecule has 15 heteroatoms. The third-order valence-corrected chi connectivity index (χ3v) is 16.8. The summed E-state index contributed by atoms with van der Waals surface area (Å²) >= 11 is 0. The second-order valence-electron chi connectivity index (χ2n) is 20.5. The van der Waals surface area contributed by atoms with Crippen molar-refractivity contribution in [3.05, 3.63) is 93.9 Å². The number of esters is 3. The first-order chi connectivity index (χ1) is 32.5. The summed E-state index contributed by atoms with van der Waals surface area (Å²) in [6.45, 7) is 11.7. The minimum atomic E-state index is -2.36. The number of rotatable bonds is 9. The number of likely N-dealkylation sites (N-methyl/N-ethyl adjacent to an activating group) is 1. The molecule has 1 aromatic heterocycles. The first-order valence-corrected chi connectivity index (χ1v) is 24.1. The van der Waals surface area contributed by atoms with Crippen molar-refractivity contribution in [3.8, 4) is 5.75 Å². The third-order valence-electron chi connectivity index (χ3n) is 16.8. The molecule has 2 amide bonds. The summed E-state index contributed by atoms with van der Waals surface area (Å²) in [5.74, 6) is -2.63. The summed E-state index contributed by atoms with van der Waals surface area (Å²) in [6, 6.07) is 10.4. The van der Waals surface area contributed by atoms with E-state index in [4.69, 9.17) is 18.9 Å². The van der Waals surface area contributed by atoms with Gasteiger partial charge in [0.2, 0.25) is 5.60 Å². The molecule has 15 nitrogen and oxygen atoms in total. The molecule has 2 aromatic carbocycles. The van der Waals surface area contributed by atoms with Gasteiger partial charge in [-0.1, -0.05) is 69.7 Å². The quantitative estimate of drug-likeness (QED) is 0.126. The Bertz CT molecular complexity index is 2770. The summed E-state index contributed by atoms with van der Waals surface area (Å²) < 4.78 is 24.2. The Morgan fingerprint density at radius 1 is 0.985 bits per heavy atom. The minimum Gasteiger partial charge on any atom is -0.496 e. The number of fused-ring (bicyclic) bond motifs is 7. The van der Waals surface area contributed by atoms with Gasteiger partial charge in [0.15, 0.2) is 6.10 Å². The van der Waals surface area contributed by atoms with E-state index in [2.05, 4.69) is 33.8 Å². The highest BCUT2D eigenvalue weighted by Crippen LogP contribution is 2.68. The Hall–Kier alpha value is -5.93. The van der Waals surface area contributed by atoms with Gasteiger partial charge < -0.3 is 38.8 Å². The van der Waals surface area contributed by atoms with Gasteiger partial charge in [0.1, 0.15) is 16.9 Å². The molecule has 360 valence electrons. The molecule has 0 radical (unpaired) electrons. The van der Waals surface area contributed by atoms with Crippen LogP contribution in [0.2, 0.25) is 0 Å². The van der Waals surface area contributed by atoms with Crippen molar-refractivity contribution >= 4 is 46.3 Å². The number of aromatic amines is 1. The Labute approximate surface area is 397 Å². The number of benzene rings is 2. The number of nitrogens with zero attached hydrogens (tertiary/aromatic N) is 4. The monoisotopic (exact) mass is 929 g/mol. The predicted octanol–water partition coefficient (Wildman–Crippen LogP) is 5.08. The number of carbonyl (C=O) groups excluding carboxylic acids is 5. The van der Waals surface area contributed by atoms with E-state index in [-0.39, 0.29) is 49.1 Å². The number of ether oxygens (including phenoxy) is 4. The second-order valence-corrected chi connectivity index (χ2v) is 20.5. The van der Waals surface area contributed by atoms with E-state index in [1.165, 1.54) is 26.0 Å². The van der Waals surface area contributed by atoms with Gasteiger partial charge in [0.25, 0.3) is 11.8 Å². The number of aromatic nitrogens is 1. The molecule has 2 N–H and O–H groups in total. The van der Waals surface area contributed by atoms with E-state index >= 15 is 4.79 Å². The number of para-hydroxylation sites is 1. The predicted molar refractivity (Wildman–Crippen MR) is 253 cm³/mol. The lowest BCUT2D eigenvalue weighted by molar-refractivity contribution is -0.228. The lowest BCUT2D eigenvalue weighted by atomic mass is 9.47. The van der Waals surface area contributed by atoms with Gasteiger partial charge in [-0.05, 0) is 67.3 Å². The van der Waals surface area contributed by atoms with Crippen molar-refractivity contribution in [3.63, 3.8) is 0 Å². The molecule has 0 unspecified atom stereocenters. The molecule has 7 heterocycles. The number of amides is 2. The van der Waals surface area contributed by atoms with Crippen LogP contribution in [0.15, 0.2) is 71.5 Å². The molecule has 1 saturated carbocycles. The third kappa shape index (κ3) is 5.93.